The number of hydrogen-bond donors (Lipinski definition) is 2. The predicted molar refractivity (Wildman–Crippen MR) is 95.5 cm³/mol. The average molecular weight is 348 g/mol. The molecule has 0 aliphatic carbocycles. The lowest BCUT2D eigenvalue weighted by molar-refractivity contribution is -0.121. The SMILES string of the molecule is Cc1ccccc1C(=O)NCCC(=O)NCCCOCC1CCCO1. The zero-order valence-electron chi connectivity index (χ0n) is 14.9. The molecule has 0 spiro atoms. The molecule has 2 amide bonds. The summed E-state index contributed by atoms with van der Waals surface area (Å²) in [6.07, 6.45) is 3.48. The fraction of sp³-hybridized carbons (Fsp3) is 0.579. The molecule has 6 nitrogen and oxygen atoms in total. The minimum Gasteiger partial charge on any atom is -0.379 e. The van der Waals surface area contributed by atoms with Crippen molar-refractivity contribution in [1.82, 2.24) is 10.6 Å². The first kappa shape index (κ1) is 19.4. The van der Waals surface area contributed by atoms with Crippen LogP contribution in [-0.4, -0.2) is 50.8 Å². The highest BCUT2D eigenvalue weighted by atomic mass is 16.5. The van der Waals surface area contributed by atoms with Crippen molar-refractivity contribution in [1.29, 1.82) is 0 Å². The number of nitrogens with one attached hydrogen (secondary N) is 2. The van der Waals surface area contributed by atoms with Gasteiger partial charge in [-0.15, -0.1) is 0 Å². The minimum atomic E-state index is -0.145. The van der Waals surface area contributed by atoms with Gasteiger partial charge in [-0.3, -0.25) is 9.59 Å². The fourth-order valence-electron chi connectivity index (χ4n) is 2.69. The fourth-order valence-corrected chi connectivity index (χ4v) is 2.69. The molecule has 1 aromatic carbocycles. The summed E-state index contributed by atoms with van der Waals surface area (Å²) in [4.78, 5) is 23.8. The van der Waals surface area contributed by atoms with Gasteiger partial charge in [0.05, 0.1) is 12.7 Å². The van der Waals surface area contributed by atoms with Crippen LogP contribution < -0.4 is 10.6 Å². The van der Waals surface area contributed by atoms with E-state index in [1.165, 1.54) is 0 Å². The zero-order valence-corrected chi connectivity index (χ0v) is 14.9. The van der Waals surface area contributed by atoms with Gasteiger partial charge in [0.25, 0.3) is 5.91 Å². The molecule has 1 unspecified atom stereocenters. The van der Waals surface area contributed by atoms with Gasteiger partial charge >= 0.3 is 0 Å². The molecule has 1 atom stereocenters. The van der Waals surface area contributed by atoms with E-state index in [4.69, 9.17) is 9.47 Å². The van der Waals surface area contributed by atoms with E-state index < -0.39 is 0 Å². The summed E-state index contributed by atoms with van der Waals surface area (Å²) in [5.74, 6) is -0.211. The lowest BCUT2D eigenvalue weighted by Gasteiger charge is -2.10. The molecule has 1 saturated heterocycles. The van der Waals surface area contributed by atoms with Gasteiger partial charge in [-0.05, 0) is 37.8 Å². The predicted octanol–water partition coefficient (Wildman–Crippen LogP) is 1.82. The quantitative estimate of drug-likeness (QED) is 0.632. The Morgan fingerprint density at radius 3 is 2.84 bits per heavy atom. The van der Waals surface area contributed by atoms with Crippen molar-refractivity contribution in [2.45, 2.75) is 38.7 Å². The van der Waals surface area contributed by atoms with E-state index in [-0.39, 0.29) is 24.3 Å². The van der Waals surface area contributed by atoms with E-state index in [9.17, 15) is 9.59 Å². The van der Waals surface area contributed by atoms with Crippen molar-refractivity contribution in [2.24, 2.45) is 0 Å². The molecule has 1 aromatic rings. The molecule has 1 heterocycles. The molecule has 0 saturated carbocycles. The third-order valence-corrected chi connectivity index (χ3v) is 4.14. The molecule has 6 heteroatoms. The van der Waals surface area contributed by atoms with Gasteiger partial charge in [-0.1, -0.05) is 18.2 Å². The van der Waals surface area contributed by atoms with Crippen LogP contribution >= 0.6 is 0 Å². The largest absolute Gasteiger partial charge is 0.379 e. The first-order valence-electron chi connectivity index (χ1n) is 8.96. The van der Waals surface area contributed by atoms with Crippen LogP contribution in [0.1, 0.15) is 41.6 Å². The van der Waals surface area contributed by atoms with Crippen molar-refractivity contribution >= 4 is 11.8 Å². The Hall–Kier alpha value is -1.92. The van der Waals surface area contributed by atoms with Gasteiger partial charge in [-0.2, -0.15) is 0 Å². The number of hydrogen-bond acceptors (Lipinski definition) is 4. The van der Waals surface area contributed by atoms with Crippen LogP contribution in [0.4, 0.5) is 0 Å². The van der Waals surface area contributed by atoms with Crippen LogP contribution in [0.5, 0.6) is 0 Å². The first-order valence-corrected chi connectivity index (χ1v) is 8.96. The standard InChI is InChI=1S/C19H28N2O4/c1-15-6-2-3-8-17(15)19(23)21-11-9-18(22)20-10-5-12-24-14-16-7-4-13-25-16/h2-3,6,8,16H,4-5,7,9-14H2,1H3,(H,20,22)(H,21,23). The van der Waals surface area contributed by atoms with E-state index >= 15 is 0 Å². The summed E-state index contributed by atoms with van der Waals surface area (Å²) in [6.45, 7) is 4.89. The molecule has 138 valence electrons. The average Bonchev–Trinajstić information content (AvgIpc) is 3.11. The molecule has 2 rings (SSSR count). The number of carbonyl (C=O) groups excluding carboxylic acids is 2. The van der Waals surface area contributed by atoms with Crippen LogP contribution in [0, 0.1) is 6.92 Å². The number of rotatable bonds is 10. The molecule has 0 radical (unpaired) electrons. The zero-order chi connectivity index (χ0) is 17.9. The molecule has 2 N–H and O–H groups in total. The van der Waals surface area contributed by atoms with E-state index in [2.05, 4.69) is 10.6 Å². The third-order valence-electron chi connectivity index (χ3n) is 4.14. The molecule has 0 aromatic heterocycles. The molecule has 0 bridgehead atoms. The normalized spacial score (nSPS) is 16.6. The van der Waals surface area contributed by atoms with Gasteiger partial charge in [0.1, 0.15) is 0 Å². The Bertz CT molecular complexity index is 556. The Morgan fingerprint density at radius 1 is 1.24 bits per heavy atom. The maximum absolute atomic E-state index is 12.0. The maximum atomic E-state index is 12.0. The van der Waals surface area contributed by atoms with Crippen molar-refractivity contribution in [3.05, 3.63) is 35.4 Å². The lowest BCUT2D eigenvalue weighted by Crippen LogP contribution is -2.31. The highest BCUT2D eigenvalue weighted by Crippen LogP contribution is 2.11. The van der Waals surface area contributed by atoms with Crippen molar-refractivity contribution in [3.63, 3.8) is 0 Å². The monoisotopic (exact) mass is 348 g/mol. The molecule has 1 aliphatic heterocycles. The Balaban J connectivity index is 1.48. The second-order valence-electron chi connectivity index (χ2n) is 6.23. The lowest BCUT2D eigenvalue weighted by atomic mass is 10.1. The van der Waals surface area contributed by atoms with Crippen LogP contribution in [0.25, 0.3) is 0 Å². The Kier molecular flexibility index (Phi) is 8.42. The van der Waals surface area contributed by atoms with Crippen LogP contribution in [0.15, 0.2) is 24.3 Å². The van der Waals surface area contributed by atoms with Crippen LogP contribution in [-0.2, 0) is 14.3 Å². The van der Waals surface area contributed by atoms with E-state index in [0.717, 1.165) is 31.4 Å². The molecular formula is C19H28N2O4. The summed E-state index contributed by atoms with van der Waals surface area (Å²) in [7, 11) is 0. The molecule has 1 fully saturated rings. The highest BCUT2D eigenvalue weighted by molar-refractivity contribution is 5.95. The van der Waals surface area contributed by atoms with Gasteiger partial charge in [0.2, 0.25) is 5.91 Å². The highest BCUT2D eigenvalue weighted by Gasteiger charge is 2.15. The smallest absolute Gasteiger partial charge is 0.251 e. The van der Waals surface area contributed by atoms with E-state index in [0.29, 0.717) is 31.9 Å². The number of carbonyl (C=O) groups is 2. The summed E-state index contributed by atoms with van der Waals surface area (Å²) in [6, 6.07) is 7.39. The van der Waals surface area contributed by atoms with Crippen molar-refractivity contribution in [2.75, 3.05) is 32.9 Å². The van der Waals surface area contributed by atoms with Crippen molar-refractivity contribution in [3.8, 4) is 0 Å². The third kappa shape index (κ3) is 7.23. The number of aryl methyl sites for hydroxylation is 1. The van der Waals surface area contributed by atoms with Gasteiger partial charge in [0, 0.05) is 38.3 Å². The minimum absolute atomic E-state index is 0.0655. The Labute approximate surface area is 149 Å². The molecular weight excluding hydrogens is 320 g/mol. The molecule has 25 heavy (non-hydrogen) atoms. The summed E-state index contributed by atoms with van der Waals surface area (Å²) in [5.41, 5.74) is 1.57. The maximum Gasteiger partial charge on any atom is 0.251 e. The Morgan fingerprint density at radius 2 is 2.08 bits per heavy atom. The van der Waals surface area contributed by atoms with Crippen LogP contribution in [0.2, 0.25) is 0 Å². The second kappa shape index (κ2) is 10.8. The summed E-state index contributed by atoms with van der Waals surface area (Å²) in [5, 5.41) is 5.61. The van der Waals surface area contributed by atoms with Crippen LogP contribution in [0.3, 0.4) is 0 Å². The topological polar surface area (TPSA) is 76.7 Å². The van der Waals surface area contributed by atoms with E-state index in [1.807, 2.05) is 25.1 Å². The summed E-state index contributed by atoms with van der Waals surface area (Å²) < 4.78 is 11.0. The molecule has 1 aliphatic rings. The van der Waals surface area contributed by atoms with E-state index in [1.54, 1.807) is 6.07 Å². The van der Waals surface area contributed by atoms with Gasteiger partial charge in [0.15, 0.2) is 0 Å². The number of ether oxygens (including phenoxy) is 2. The van der Waals surface area contributed by atoms with Crippen molar-refractivity contribution < 1.29 is 19.1 Å². The number of amides is 2. The summed E-state index contributed by atoms with van der Waals surface area (Å²) >= 11 is 0. The van der Waals surface area contributed by atoms with Gasteiger partial charge < -0.3 is 20.1 Å². The first-order chi connectivity index (χ1) is 12.2. The number of benzene rings is 1. The second-order valence-corrected chi connectivity index (χ2v) is 6.23. The van der Waals surface area contributed by atoms with Gasteiger partial charge in [-0.25, -0.2) is 0 Å².